The van der Waals surface area contributed by atoms with Gasteiger partial charge in [-0.25, -0.2) is 4.39 Å². The summed E-state index contributed by atoms with van der Waals surface area (Å²) in [4.78, 5) is 14.1. The van der Waals surface area contributed by atoms with Crippen LogP contribution in [0.4, 0.5) is 17.6 Å². The Morgan fingerprint density at radius 1 is 0.980 bits per heavy atom. The molecule has 0 saturated carbocycles. The second kappa shape index (κ2) is 26.2. The van der Waals surface area contributed by atoms with Gasteiger partial charge < -0.3 is 15.7 Å². The topological polar surface area (TPSA) is 88.6 Å². The lowest BCUT2D eigenvalue weighted by atomic mass is 9.86. The first-order chi connectivity index (χ1) is 22.9. The Bertz CT molecular complexity index is 1330. The molecule has 0 fully saturated rings. The van der Waals surface area contributed by atoms with Crippen molar-refractivity contribution < 1.29 is 27.8 Å². The van der Waals surface area contributed by atoms with Crippen LogP contribution in [0, 0.1) is 25.1 Å². The fourth-order valence-electron chi connectivity index (χ4n) is 5.37. The van der Waals surface area contributed by atoms with E-state index in [0.29, 0.717) is 13.0 Å². The van der Waals surface area contributed by atoms with Crippen molar-refractivity contribution in [3.8, 4) is 0 Å². The molecule has 2 aromatic carbocycles. The van der Waals surface area contributed by atoms with E-state index in [2.05, 4.69) is 24.0 Å². The second-order valence-electron chi connectivity index (χ2n) is 11.5. The molecule has 274 valence electrons. The number of carbonyl (C=O) groups is 1. The zero-order chi connectivity index (χ0) is 36.7. The van der Waals surface area contributed by atoms with Crippen LogP contribution in [0.5, 0.6) is 0 Å². The highest BCUT2D eigenvalue weighted by atomic mass is 19.4. The van der Waals surface area contributed by atoms with Crippen molar-refractivity contribution >= 4 is 19.1 Å². The molecule has 3 aromatic rings. The lowest BCUT2D eigenvalue weighted by Crippen LogP contribution is -2.33. The minimum Gasteiger partial charge on any atom is -0.412 e. The molecule has 2 atom stereocenters. The summed E-state index contributed by atoms with van der Waals surface area (Å²) < 4.78 is 52.1. The van der Waals surface area contributed by atoms with Gasteiger partial charge in [0.25, 0.3) is 0 Å². The van der Waals surface area contributed by atoms with E-state index < -0.39 is 12.6 Å². The number of rotatable bonds is 14. The Labute approximate surface area is 292 Å². The number of pyridine rings is 1. The quantitative estimate of drug-likeness (QED) is 0.135. The molecule has 0 aliphatic heterocycles. The Balaban J connectivity index is 0. The maximum atomic E-state index is 13.2. The van der Waals surface area contributed by atoms with Crippen LogP contribution in [0.15, 0.2) is 60.8 Å². The van der Waals surface area contributed by atoms with E-state index in [1.807, 2.05) is 90.6 Å². The molecule has 3 N–H and O–H groups in total. The first-order valence-corrected chi connectivity index (χ1v) is 17.0. The minimum absolute atomic E-state index is 0. The highest BCUT2D eigenvalue weighted by Gasteiger charge is 2.30. The van der Waals surface area contributed by atoms with Crippen molar-refractivity contribution in [1.82, 2.24) is 9.88 Å². The number of aryl methyl sites for hydroxylation is 3. The number of allylic oxidation sites excluding steroid dienone is 1. The summed E-state index contributed by atoms with van der Waals surface area (Å²) in [6.07, 6.45) is 6.41. The van der Waals surface area contributed by atoms with Gasteiger partial charge in [0.05, 0.1) is 6.42 Å². The molecular formula is C40H59F4N3O2. The van der Waals surface area contributed by atoms with Crippen molar-refractivity contribution in [1.29, 1.82) is 5.41 Å². The molecule has 0 amide bonds. The summed E-state index contributed by atoms with van der Waals surface area (Å²) in [5.74, 6) is -0.0568. The molecule has 1 aromatic heterocycles. The largest absolute Gasteiger partial charge is 0.412 e. The number of hydrogen-bond acceptors (Lipinski definition) is 4. The lowest BCUT2D eigenvalue weighted by molar-refractivity contribution is -0.139. The van der Waals surface area contributed by atoms with Crippen LogP contribution < -0.4 is 0 Å². The van der Waals surface area contributed by atoms with Gasteiger partial charge in [-0.1, -0.05) is 77.5 Å². The fraction of sp³-hybridized carbons (Fsp3) is 0.475. The van der Waals surface area contributed by atoms with Gasteiger partial charge in [0, 0.05) is 30.7 Å². The van der Waals surface area contributed by atoms with Crippen LogP contribution in [0.3, 0.4) is 0 Å². The molecule has 0 aliphatic carbocycles. The number of benzene rings is 2. The molecule has 0 aliphatic rings. The summed E-state index contributed by atoms with van der Waals surface area (Å²) in [6.45, 7) is 18.8. The molecule has 1 heterocycles. The van der Waals surface area contributed by atoms with Crippen molar-refractivity contribution in [2.24, 2.45) is 0 Å². The third-order valence-corrected chi connectivity index (χ3v) is 7.90. The molecular weight excluding hydrogens is 630 g/mol. The van der Waals surface area contributed by atoms with Gasteiger partial charge in [0.1, 0.15) is 12.6 Å². The van der Waals surface area contributed by atoms with Crippen molar-refractivity contribution in [2.45, 2.75) is 112 Å². The van der Waals surface area contributed by atoms with Gasteiger partial charge in [-0.15, -0.1) is 0 Å². The molecule has 0 saturated heterocycles. The first-order valence-electron chi connectivity index (χ1n) is 17.0. The molecule has 49 heavy (non-hydrogen) atoms. The minimum atomic E-state index is -4.18. The Kier molecular flexibility index (Phi) is 25.4. The SMILES string of the molecule is C/C=C\c1ccc(C)nc1.C=O.CC.CCCCN(CCC(F)(F)F)C(CC)c1cc(C=N)c(C(C)CCc2ccc(F)cc2)cc1C.O. The molecule has 5 nitrogen and oxygen atoms in total. The Morgan fingerprint density at radius 2 is 1.61 bits per heavy atom. The van der Waals surface area contributed by atoms with Crippen molar-refractivity contribution in [3.05, 3.63) is 106 Å². The van der Waals surface area contributed by atoms with Crippen LogP contribution in [-0.4, -0.2) is 47.6 Å². The number of nitrogens with zero attached hydrogens (tertiary/aromatic N) is 2. The third kappa shape index (κ3) is 18.0. The van der Waals surface area contributed by atoms with Crippen LogP contribution in [-0.2, 0) is 11.2 Å². The number of alkyl halides is 3. The maximum Gasteiger partial charge on any atom is 0.390 e. The number of aromatic nitrogens is 1. The van der Waals surface area contributed by atoms with E-state index in [0.717, 1.165) is 64.8 Å². The number of unbranched alkanes of at least 4 members (excludes halogenated alkanes) is 1. The Morgan fingerprint density at radius 3 is 2.10 bits per heavy atom. The average Bonchev–Trinajstić information content (AvgIpc) is 3.08. The maximum absolute atomic E-state index is 13.2. The monoisotopic (exact) mass is 689 g/mol. The van der Waals surface area contributed by atoms with Crippen LogP contribution >= 0.6 is 0 Å². The zero-order valence-electron chi connectivity index (χ0n) is 30.8. The van der Waals surface area contributed by atoms with Gasteiger partial charge in [-0.3, -0.25) is 9.88 Å². The van der Waals surface area contributed by atoms with Gasteiger partial charge in [-0.05, 0) is 117 Å². The standard InChI is InChI=1S/C28H38F4N2.C9H11N.C2H6.CH2O.H2O/c1-5-7-15-34(16-14-28(30,31)32)27(6-2)26-18-23(19-33)25(17-21(26)4)20(3)8-9-22-10-12-24(29)13-11-22;1-3-4-9-6-5-8(2)10-7-9;2*1-2;/h10-13,17-20,27,33H,5-9,14-16H2,1-4H3;3-7H,1-2H3;1-2H3;1H2;1H2/b;4-3-;;;. The van der Waals surface area contributed by atoms with Crippen LogP contribution in [0.2, 0.25) is 0 Å². The first kappa shape index (κ1) is 47.4. The van der Waals surface area contributed by atoms with E-state index in [9.17, 15) is 17.6 Å². The summed E-state index contributed by atoms with van der Waals surface area (Å²) >= 11 is 0. The number of halogens is 4. The predicted octanol–water partition coefficient (Wildman–Crippen LogP) is 10.8. The second-order valence-corrected chi connectivity index (χ2v) is 11.5. The smallest absolute Gasteiger partial charge is 0.390 e. The fourth-order valence-corrected chi connectivity index (χ4v) is 5.37. The van der Waals surface area contributed by atoms with Crippen molar-refractivity contribution in [3.63, 3.8) is 0 Å². The molecule has 0 bridgehead atoms. The number of nitrogens with one attached hydrogen (secondary N) is 1. The number of carbonyl (C=O) groups excluding carboxylic acids is 1. The van der Waals surface area contributed by atoms with Gasteiger partial charge >= 0.3 is 6.18 Å². The Hall–Kier alpha value is -3.69. The average molecular weight is 690 g/mol. The van der Waals surface area contributed by atoms with Crippen molar-refractivity contribution in [2.75, 3.05) is 13.1 Å². The van der Waals surface area contributed by atoms with E-state index >= 15 is 0 Å². The van der Waals surface area contributed by atoms with Crippen LogP contribution in [0.25, 0.3) is 6.08 Å². The molecule has 0 spiro atoms. The van der Waals surface area contributed by atoms with Gasteiger partial charge in [-0.2, -0.15) is 13.2 Å². The summed E-state index contributed by atoms with van der Waals surface area (Å²) in [7, 11) is 0. The highest BCUT2D eigenvalue weighted by molar-refractivity contribution is 5.80. The predicted molar refractivity (Wildman–Crippen MR) is 198 cm³/mol. The van der Waals surface area contributed by atoms with E-state index in [-0.39, 0.29) is 29.8 Å². The normalized spacial score (nSPS) is 11.9. The molecule has 9 heteroatoms. The third-order valence-electron chi connectivity index (χ3n) is 7.90. The van der Waals surface area contributed by atoms with E-state index in [4.69, 9.17) is 10.2 Å². The van der Waals surface area contributed by atoms with E-state index in [1.54, 1.807) is 12.1 Å². The number of hydrogen-bond donors (Lipinski definition) is 1. The zero-order valence-corrected chi connectivity index (χ0v) is 30.8. The lowest BCUT2D eigenvalue weighted by Gasteiger charge is -2.33. The summed E-state index contributed by atoms with van der Waals surface area (Å²) in [6, 6.07) is 14.6. The van der Waals surface area contributed by atoms with Gasteiger partial charge in [0.2, 0.25) is 0 Å². The van der Waals surface area contributed by atoms with E-state index in [1.165, 1.54) is 18.3 Å². The van der Waals surface area contributed by atoms with Gasteiger partial charge in [0.15, 0.2) is 0 Å². The van der Waals surface area contributed by atoms with Crippen LogP contribution in [0.1, 0.15) is 125 Å². The summed E-state index contributed by atoms with van der Waals surface area (Å²) in [5, 5.41) is 8.01. The molecule has 0 radical (unpaired) electrons. The molecule has 2 unspecified atom stereocenters. The molecule has 3 rings (SSSR count). The summed E-state index contributed by atoms with van der Waals surface area (Å²) in [5.41, 5.74) is 7.24. The highest BCUT2D eigenvalue weighted by Crippen LogP contribution is 2.34.